The zero-order chi connectivity index (χ0) is 22.2. The zero-order valence-electron chi connectivity index (χ0n) is 18.7. The van der Waals surface area contributed by atoms with Crippen LogP contribution in [0.4, 0.5) is 11.8 Å². The molecular formula is C21H29N9O2. The van der Waals surface area contributed by atoms with Crippen LogP contribution in [-0.2, 0) is 0 Å². The molecule has 0 spiro atoms. The summed E-state index contributed by atoms with van der Waals surface area (Å²) >= 11 is 0. The lowest BCUT2D eigenvalue weighted by molar-refractivity contribution is 0.0623. The fourth-order valence-electron chi connectivity index (χ4n) is 4.16. The van der Waals surface area contributed by atoms with Crippen molar-refractivity contribution in [2.24, 2.45) is 4.99 Å². The van der Waals surface area contributed by atoms with Gasteiger partial charge in [0.25, 0.3) is 5.91 Å². The molecule has 1 aliphatic carbocycles. The topological polar surface area (TPSA) is 116 Å². The lowest BCUT2D eigenvalue weighted by Gasteiger charge is -2.38. The van der Waals surface area contributed by atoms with Crippen LogP contribution >= 0.6 is 0 Å². The largest absolute Gasteiger partial charge is 0.331 e. The van der Waals surface area contributed by atoms with Gasteiger partial charge in [-0.25, -0.2) is 20.4 Å². The second-order valence-corrected chi connectivity index (χ2v) is 8.95. The number of nitrogens with one attached hydrogen (secondary N) is 1. The smallest absolute Gasteiger partial charge is 0.324 e. The molecule has 5 rings (SSSR count). The van der Waals surface area contributed by atoms with Crippen LogP contribution in [0, 0.1) is 0 Å². The summed E-state index contributed by atoms with van der Waals surface area (Å²) in [4.78, 5) is 35.1. The molecule has 170 valence electrons. The Morgan fingerprint density at radius 1 is 1.16 bits per heavy atom. The molecule has 2 aromatic heterocycles. The van der Waals surface area contributed by atoms with Crippen LogP contribution in [0.15, 0.2) is 21.9 Å². The number of aromatic nitrogens is 4. The van der Waals surface area contributed by atoms with E-state index in [0.717, 1.165) is 44.6 Å². The summed E-state index contributed by atoms with van der Waals surface area (Å²) < 4.78 is 5.45. The normalized spacial score (nSPS) is 21.6. The Labute approximate surface area is 186 Å². The van der Waals surface area contributed by atoms with E-state index in [2.05, 4.69) is 35.4 Å². The maximum absolute atomic E-state index is 13.4. The van der Waals surface area contributed by atoms with Crippen LogP contribution in [0.3, 0.4) is 0 Å². The van der Waals surface area contributed by atoms with E-state index in [1.165, 1.54) is 0 Å². The predicted molar refractivity (Wildman–Crippen MR) is 118 cm³/mol. The van der Waals surface area contributed by atoms with Crippen molar-refractivity contribution in [3.05, 3.63) is 23.9 Å². The highest BCUT2D eigenvalue weighted by Gasteiger charge is 2.40. The first kappa shape index (κ1) is 20.8. The van der Waals surface area contributed by atoms with Crippen molar-refractivity contribution in [3.8, 4) is 0 Å². The molecule has 0 radical (unpaired) electrons. The molecule has 4 heterocycles. The number of anilines is 2. The maximum Gasteiger partial charge on any atom is 0.324 e. The van der Waals surface area contributed by atoms with E-state index < -0.39 is 0 Å². The average Bonchev–Trinajstić information content (AvgIpc) is 3.32. The minimum Gasteiger partial charge on any atom is -0.331 e. The number of amides is 1. The van der Waals surface area contributed by atoms with E-state index in [1.54, 1.807) is 23.7 Å². The van der Waals surface area contributed by atoms with Crippen molar-refractivity contribution in [2.75, 3.05) is 23.0 Å². The number of carbonyl (C=O) groups excluding carboxylic acids is 1. The Bertz CT molecular complexity index is 977. The van der Waals surface area contributed by atoms with Gasteiger partial charge in [0, 0.05) is 31.1 Å². The van der Waals surface area contributed by atoms with Gasteiger partial charge in [0.1, 0.15) is 18.2 Å². The zero-order valence-corrected chi connectivity index (χ0v) is 18.7. The van der Waals surface area contributed by atoms with Gasteiger partial charge in [0.05, 0.1) is 12.4 Å². The summed E-state index contributed by atoms with van der Waals surface area (Å²) in [6.07, 6.45) is 8.66. The highest BCUT2D eigenvalue weighted by molar-refractivity contribution is 5.93. The van der Waals surface area contributed by atoms with Gasteiger partial charge in [-0.05, 0) is 32.6 Å². The average molecular weight is 440 g/mol. The van der Waals surface area contributed by atoms with E-state index in [9.17, 15) is 4.79 Å². The lowest BCUT2D eigenvalue weighted by atomic mass is 10.0. The summed E-state index contributed by atoms with van der Waals surface area (Å²) in [5.41, 5.74) is 3.52. The van der Waals surface area contributed by atoms with E-state index >= 15 is 0 Å². The van der Waals surface area contributed by atoms with Crippen molar-refractivity contribution >= 4 is 24.1 Å². The van der Waals surface area contributed by atoms with Crippen molar-refractivity contribution in [1.82, 2.24) is 30.4 Å². The molecule has 1 saturated carbocycles. The summed E-state index contributed by atoms with van der Waals surface area (Å²) in [5, 5.41) is 5.78. The number of piperidine rings is 1. The molecular weight excluding hydrogens is 410 g/mol. The first-order valence-electron chi connectivity index (χ1n) is 11.3. The van der Waals surface area contributed by atoms with Crippen molar-refractivity contribution in [2.45, 2.75) is 70.6 Å². The number of nitrogens with zero attached hydrogens (tertiary/aromatic N) is 8. The third-order valence-electron chi connectivity index (χ3n) is 6.09. The van der Waals surface area contributed by atoms with Crippen molar-refractivity contribution in [3.63, 3.8) is 0 Å². The van der Waals surface area contributed by atoms with E-state index in [1.807, 2.05) is 25.7 Å². The van der Waals surface area contributed by atoms with Gasteiger partial charge >= 0.3 is 6.01 Å². The van der Waals surface area contributed by atoms with Crippen LogP contribution in [0.5, 0.6) is 0 Å². The molecule has 1 unspecified atom stereocenters. The Morgan fingerprint density at radius 3 is 2.47 bits per heavy atom. The van der Waals surface area contributed by atoms with Crippen molar-refractivity contribution in [1.29, 1.82) is 0 Å². The Hall–Kier alpha value is -3.08. The molecule has 0 bridgehead atoms. The molecule has 2 fully saturated rings. The molecule has 32 heavy (non-hydrogen) atoms. The highest BCUT2D eigenvalue weighted by Crippen LogP contribution is 2.33. The lowest BCUT2D eigenvalue weighted by Crippen LogP contribution is -2.48. The van der Waals surface area contributed by atoms with Crippen LogP contribution in [0.1, 0.15) is 68.7 Å². The standard InChI is InChI=1S/C21H29N9O2/c1-13(2)19-25-21(32-27-19)28-8-6-16(7-9-28)30(15-4-5-15)20(31)17-10-23-18(11-22-17)29-12-24-14(3)26-29/h10-16,26H,4-9H2,1-3H3. The van der Waals surface area contributed by atoms with Gasteiger partial charge in [-0.2, -0.15) is 4.98 Å². The molecule has 11 nitrogen and oxygen atoms in total. The van der Waals surface area contributed by atoms with Gasteiger partial charge in [0.2, 0.25) is 0 Å². The number of hydrogen-bond acceptors (Lipinski definition) is 10. The molecule has 0 aromatic carbocycles. The van der Waals surface area contributed by atoms with Gasteiger partial charge in [-0.1, -0.05) is 19.0 Å². The van der Waals surface area contributed by atoms with Gasteiger partial charge in [-0.15, -0.1) is 0 Å². The number of hydrazine groups is 1. The second-order valence-electron chi connectivity index (χ2n) is 8.95. The summed E-state index contributed by atoms with van der Waals surface area (Å²) in [6, 6.07) is 1.05. The minimum atomic E-state index is -0.0405. The first-order chi connectivity index (χ1) is 15.5. The molecule has 1 atom stereocenters. The molecule has 11 heteroatoms. The van der Waals surface area contributed by atoms with E-state index in [0.29, 0.717) is 23.6 Å². The number of carbonyl (C=O) groups is 1. The minimum absolute atomic E-state index is 0.00143. The van der Waals surface area contributed by atoms with Gasteiger partial charge in [0.15, 0.2) is 11.6 Å². The number of hydrogen-bond donors (Lipinski definition) is 1. The first-order valence-corrected chi connectivity index (χ1v) is 11.3. The Kier molecular flexibility index (Phi) is 5.50. The predicted octanol–water partition coefficient (Wildman–Crippen LogP) is 1.96. The highest BCUT2D eigenvalue weighted by atomic mass is 16.5. The quantitative estimate of drug-likeness (QED) is 0.721. The molecule has 1 N–H and O–H groups in total. The van der Waals surface area contributed by atoms with Crippen LogP contribution in [0.25, 0.3) is 0 Å². The molecule has 3 aliphatic rings. The van der Waals surface area contributed by atoms with E-state index in [4.69, 9.17) is 4.52 Å². The monoisotopic (exact) mass is 439 g/mol. The molecule has 1 amide bonds. The number of aliphatic imine (C=N–C) groups is 1. The Morgan fingerprint density at radius 2 is 1.91 bits per heavy atom. The van der Waals surface area contributed by atoms with Gasteiger partial charge < -0.3 is 14.3 Å². The van der Waals surface area contributed by atoms with Crippen LogP contribution in [0.2, 0.25) is 0 Å². The van der Waals surface area contributed by atoms with E-state index in [-0.39, 0.29) is 24.0 Å². The molecule has 1 saturated heterocycles. The second kappa shape index (κ2) is 8.45. The van der Waals surface area contributed by atoms with Crippen LogP contribution < -0.4 is 15.3 Å². The summed E-state index contributed by atoms with van der Waals surface area (Å²) in [7, 11) is 0. The maximum atomic E-state index is 13.4. The van der Waals surface area contributed by atoms with Crippen molar-refractivity contribution < 1.29 is 9.32 Å². The van der Waals surface area contributed by atoms with Crippen LogP contribution in [-0.4, -0.2) is 68.6 Å². The fraction of sp³-hybridized carbons (Fsp3) is 0.619. The summed E-state index contributed by atoms with van der Waals surface area (Å²) in [6.45, 7) is 7.60. The fourth-order valence-corrected chi connectivity index (χ4v) is 4.16. The molecule has 2 aromatic rings. The number of rotatable bonds is 6. The van der Waals surface area contributed by atoms with Gasteiger partial charge in [-0.3, -0.25) is 9.79 Å². The Balaban J connectivity index is 1.24. The summed E-state index contributed by atoms with van der Waals surface area (Å²) in [5.74, 6) is 1.53. The third-order valence-corrected chi connectivity index (χ3v) is 6.09. The third kappa shape index (κ3) is 4.16. The molecule has 2 aliphatic heterocycles. The SMILES string of the molecule is CC1N=CN(c2cnc(C(=O)N(C3CC3)C3CCN(c4nc(C(C)C)no4)CC3)cn2)N1.